The van der Waals surface area contributed by atoms with Gasteiger partial charge in [-0.3, -0.25) is 9.59 Å². The highest BCUT2D eigenvalue weighted by atomic mass is 35.5. The van der Waals surface area contributed by atoms with Gasteiger partial charge in [0.15, 0.2) is 0 Å². The number of hydrogen-bond donors (Lipinski definition) is 3. The van der Waals surface area contributed by atoms with E-state index in [2.05, 4.69) is 10.6 Å². The Morgan fingerprint density at radius 2 is 1.91 bits per heavy atom. The number of nitrogens with one attached hydrogen (secondary N) is 2. The van der Waals surface area contributed by atoms with Crippen molar-refractivity contribution in [2.75, 3.05) is 11.1 Å². The van der Waals surface area contributed by atoms with E-state index in [4.69, 9.17) is 33.4 Å². The van der Waals surface area contributed by atoms with Crippen LogP contribution in [0.1, 0.15) is 17.3 Å². The Balaban J connectivity index is 2.01. The second-order valence-corrected chi connectivity index (χ2v) is 5.36. The van der Waals surface area contributed by atoms with Crippen LogP contribution in [0, 0.1) is 0 Å². The van der Waals surface area contributed by atoms with Crippen LogP contribution in [0.15, 0.2) is 35.1 Å². The lowest BCUT2D eigenvalue weighted by molar-refractivity contribution is -0.117. The van der Waals surface area contributed by atoms with Crippen LogP contribution in [-0.2, 0) is 4.79 Å². The average molecular weight is 342 g/mol. The number of nitrogen functional groups attached to an aromatic ring is 1. The lowest BCUT2D eigenvalue weighted by atomic mass is 10.2. The minimum atomic E-state index is -0.766. The molecule has 0 saturated carbocycles. The zero-order chi connectivity index (χ0) is 16.3. The summed E-state index contributed by atoms with van der Waals surface area (Å²) in [5.41, 5.74) is 6.58. The Morgan fingerprint density at radius 3 is 2.45 bits per heavy atom. The summed E-state index contributed by atoms with van der Waals surface area (Å²) in [7, 11) is 0. The standard InChI is InChI=1S/C14H13Cl2N3O3/c1-7(18-14(21)8-2-3-22-6-8)13(20)19-9-4-10(15)12(17)11(16)5-9/h2-7H,17H2,1H3,(H,18,21)(H,19,20). The zero-order valence-corrected chi connectivity index (χ0v) is 13.0. The normalized spacial score (nSPS) is 11.8. The van der Waals surface area contributed by atoms with Crippen molar-refractivity contribution in [1.82, 2.24) is 5.32 Å². The van der Waals surface area contributed by atoms with Gasteiger partial charge in [0.2, 0.25) is 5.91 Å². The number of halogens is 2. The van der Waals surface area contributed by atoms with Crippen molar-refractivity contribution in [3.8, 4) is 0 Å². The summed E-state index contributed by atoms with van der Waals surface area (Å²) in [6, 6.07) is 3.69. The maximum Gasteiger partial charge on any atom is 0.255 e. The van der Waals surface area contributed by atoms with Crippen molar-refractivity contribution in [3.63, 3.8) is 0 Å². The molecule has 1 heterocycles. The van der Waals surface area contributed by atoms with E-state index in [0.29, 0.717) is 11.3 Å². The Labute approximate surface area is 136 Å². The Morgan fingerprint density at radius 1 is 1.27 bits per heavy atom. The Kier molecular flexibility index (Phi) is 4.95. The van der Waals surface area contributed by atoms with Gasteiger partial charge in [-0.05, 0) is 25.1 Å². The van der Waals surface area contributed by atoms with Gasteiger partial charge < -0.3 is 20.8 Å². The first-order valence-electron chi connectivity index (χ1n) is 6.27. The van der Waals surface area contributed by atoms with E-state index in [9.17, 15) is 9.59 Å². The fraction of sp³-hybridized carbons (Fsp3) is 0.143. The third kappa shape index (κ3) is 3.72. The minimum absolute atomic E-state index is 0.234. The number of carbonyl (C=O) groups excluding carboxylic acids is 2. The molecule has 8 heteroatoms. The van der Waals surface area contributed by atoms with E-state index in [1.54, 1.807) is 6.92 Å². The highest BCUT2D eigenvalue weighted by Gasteiger charge is 2.18. The molecule has 0 aliphatic carbocycles. The third-order valence-electron chi connectivity index (χ3n) is 2.87. The molecule has 0 radical (unpaired) electrons. The molecule has 0 saturated heterocycles. The molecule has 0 aliphatic heterocycles. The van der Waals surface area contributed by atoms with Crippen LogP contribution in [0.3, 0.4) is 0 Å². The number of nitrogens with two attached hydrogens (primary N) is 1. The molecule has 1 atom stereocenters. The smallest absolute Gasteiger partial charge is 0.255 e. The van der Waals surface area contributed by atoms with Crippen LogP contribution in [0.25, 0.3) is 0 Å². The molecule has 2 rings (SSSR count). The third-order valence-corrected chi connectivity index (χ3v) is 3.50. The molecule has 2 aromatic rings. The van der Waals surface area contributed by atoms with E-state index >= 15 is 0 Å². The maximum atomic E-state index is 12.1. The summed E-state index contributed by atoms with van der Waals surface area (Å²) in [4.78, 5) is 23.9. The molecule has 0 fully saturated rings. The summed E-state index contributed by atoms with van der Waals surface area (Å²) in [5.74, 6) is -0.835. The molecule has 6 nitrogen and oxygen atoms in total. The minimum Gasteiger partial charge on any atom is -0.472 e. The predicted octanol–water partition coefficient (Wildman–Crippen LogP) is 2.93. The molecular weight excluding hydrogens is 329 g/mol. The van der Waals surface area contributed by atoms with Crippen LogP contribution in [0.4, 0.5) is 11.4 Å². The maximum absolute atomic E-state index is 12.1. The molecule has 0 spiro atoms. The second-order valence-electron chi connectivity index (χ2n) is 4.55. The van der Waals surface area contributed by atoms with E-state index in [1.807, 2.05) is 0 Å². The van der Waals surface area contributed by atoms with E-state index in [1.165, 1.54) is 30.7 Å². The first kappa shape index (κ1) is 16.2. The first-order chi connectivity index (χ1) is 10.4. The number of benzene rings is 1. The highest BCUT2D eigenvalue weighted by molar-refractivity contribution is 6.39. The van der Waals surface area contributed by atoms with Gasteiger partial charge in [0.05, 0.1) is 27.6 Å². The topological polar surface area (TPSA) is 97.4 Å². The van der Waals surface area contributed by atoms with Crippen molar-refractivity contribution < 1.29 is 14.0 Å². The monoisotopic (exact) mass is 341 g/mol. The van der Waals surface area contributed by atoms with Gasteiger partial charge in [-0.2, -0.15) is 0 Å². The van der Waals surface area contributed by atoms with Crippen LogP contribution in [0.2, 0.25) is 10.0 Å². The number of amides is 2. The van der Waals surface area contributed by atoms with Crippen molar-refractivity contribution in [1.29, 1.82) is 0 Å². The van der Waals surface area contributed by atoms with Crippen LogP contribution in [0.5, 0.6) is 0 Å². The zero-order valence-electron chi connectivity index (χ0n) is 11.5. The predicted molar refractivity (Wildman–Crippen MR) is 85.1 cm³/mol. The van der Waals surface area contributed by atoms with Crippen molar-refractivity contribution >= 4 is 46.4 Å². The molecule has 1 unspecified atom stereocenters. The van der Waals surface area contributed by atoms with Crippen LogP contribution in [-0.4, -0.2) is 17.9 Å². The molecule has 22 heavy (non-hydrogen) atoms. The molecule has 4 N–H and O–H groups in total. The van der Waals surface area contributed by atoms with Crippen LogP contribution >= 0.6 is 23.2 Å². The van der Waals surface area contributed by atoms with Gasteiger partial charge >= 0.3 is 0 Å². The Bertz CT molecular complexity index is 678. The summed E-state index contributed by atoms with van der Waals surface area (Å²) < 4.78 is 4.81. The van der Waals surface area contributed by atoms with Crippen molar-refractivity contribution in [2.45, 2.75) is 13.0 Å². The number of rotatable bonds is 4. The summed E-state index contributed by atoms with van der Waals surface area (Å²) in [6.07, 6.45) is 2.66. The summed E-state index contributed by atoms with van der Waals surface area (Å²) >= 11 is 11.8. The van der Waals surface area contributed by atoms with Crippen LogP contribution < -0.4 is 16.4 Å². The fourth-order valence-corrected chi connectivity index (χ4v) is 2.13. The van der Waals surface area contributed by atoms with Gasteiger partial charge in [0.1, 0.15) is 12.3 Å². The SMILES string of the molecule is CC(NC(=O)c1ccoc1)C(=O)Nc1cc(Cl)c(N)c(Cl)c1. The summed E-state index contributed by atoms with van der Waals surface area (Å²) in [5, 5.41) is 5.61. The number of anilines is 2. The van der Waals surface area contributed by atoms with Gasteiger partial charge in [-0.1, -0.05) is 23.2 Å². The molecule has 0 aliphatic rings. The van der Waals surface area contributed by atoms with E-state index in [-0.39, 0.29) is 15.7 Å². The molecule has 0 bridgehead atoms. The number of carbonyl (C=O) groups is 2. The van der Waals surface area contributed by atoms with Gasteiger partial charge in [-0.15, -0.1) is 0 Å². The Hall–Kier alpha value is -2.18. The van der Waals surface area contributed by atoms with Gasteiger partial charge in [0.25, 0.3) is 5.91 Å². The molecule has 1 aromatic heterocycles. The molecule has 116 valence electrons. The lowest BCUT2D eigenvalue weighted by Gasteiger charge is -2.14. The number of hydrogen-bond acceptors (Lipinski definition) is 4. The highest BCUT2D eigenvalue weighted by Crippen LogP contribution is 2.31. The lowest BCUT2D eigenvalue weighted by Crippen LogP contribution is -2.41. The van der Waals surface area contributed by atoms with E-state index in [0.717, 1.165) is 0 Å². The van der Waals surface area contributed by atoms with E-state index < -0.39 is 17.9 Å². The number of furan rings is 1. The molecular formula is C14H13Cl2N3O3. The van der Waals surface area contributed by atoms with Crippen molar-refractivity contribution in [2.24, 2.45) is 0 Å². The quantitative estimate of drug-likeness (QED) is 0.744. The van der Waals surface area contributed by atoms with Gasteiger partial charge in [-0.25, -0.2) is 0 Å². The van der Waals surface area contributed by atoms with Gasteiger partial charge in [0, 0.05) is 5.69 Å². The molecule has 1 aromatic carbocycles. The molecule has 2 amide bonds. The van der Waals surface area contributed by atoms with Crippen molar-refractivity contribution in [3.05, 3.63) is 46.3 Å². The fourth-order valence-electron chi connectivity index (χ4n) is 1.65. The average Bonchev–Trinajstić information content (AvgIpc) is 2.98. The first-order valence-corrected chi connectivity index (χ1v) is 7.02. The summed E-state index contributed by atoms with van der Waals surface area (Å²) in [6.45, 7) is 1.55. The largest absolute Gasteiger partial charge is 0.472 e. The second kappa shape index (κ2) is 6.72.